The minimum atomic E-state index is -0.285. The van der Waals surface area contributed by atoms with E-state index in [1.807, 2.05) is 6.07 Å². The van der Waals surface area contributed by atoms with Gasteiger partial charge in [0.25, 0.3) is 0 Å². The van der Waals surface area contributed by atoms with Gasteiger partial charge in [0.15, 0.2) is 0 Å². The molecule has 5 heteroatoms. The van der Waals surface area contributed by atoms with Gasteiger partial charge in [0.2, 0.25) is 0 Å². The van der Waals surface area contributed by atoms with E-state index in [9.17, 15) is 9.18 Å². The summed E-state index contributed by atoms with van der Waals surface area (Å²) in [5, 5.41) is 3.88. The minimum absolute atomic E-state index is 0.234. The maximum absolute atomic E-state index is 13.5. The van der Waals surface area contributed by atoms with Gasteiger partial charge in [0.05, 0.1) is 18.5 Å². The Labute approximate surface area is 117 Å². The highest BCUT2D eigenvalue weighted by molar-refractivity contribution is 5.81. The van der Waals surface area contributed by atoms with Crippen LogP contribution in [-0.2, 0) is 16.1 Å². The van der Waals surface area contributed by atoms with Crippen molar-refractivity contribution in [2.45, 2.75) is 19.9 Å². The highest BCUT2D eigenvalue weighted by Crippen LogP contribution is 2.18. The Balaban J connectivity index is 1.98. The molecule has 0 aliphatic carbocycles. The third-order valence-electron chi connectivity index (χ3n) is 2.88. The first-order chi connectivity index (χ1) is 9.70. The molecule has 0 aliphatic rings. The molecule has 0 amide bonds. The predicted molar refractivity (Wildman–Crippen MR) is 74.7 cm³/mol. The van der Waals surface area contributed by atoms with E-state index in [4.69, 9.17) is 4.74 Å². The van der Waals surface area contributed by atoms with Crippen molar-refractivity contribution in [3.63, 3.8) is 0 Å². The van der Waals surface area contributed by atoms with E-state index in [0.717, 1.165) is 16.5 Å². The number of carbonyl (C=O) groups excluding carboxylic acids is 1. The molecule has 1 aromatic carbocycles. The molecule has 0 bridgehead atoms. The maximum atomic E-state index is 13.5. The van der Waals surface area contributed by atoms with Crippen molar-refractivity contribution >= 4 is 16.9 Å². The average molecular weight is 276 g/mol. The van der Waals surface area contributed by atoms with Gasteiger partial charge < -0.3 is 10.1 Å². The van der Waals surface area contributed by atoms with Crippen LogP contribution >= 0.6 is 0 Å². The number of fused-ring (bicyclic) bond motifs is 1. The molecule has 1 aromatic heterocycles. The first kappa shape index (κ1) is 14.4. The van der Waals surface area contributed by atoms with E-state index in [1.165, 1.54) is 12.1 Å². The average Bonchev–Trinajstić information content (AvgIpc) is 2.43. The van der Waals surface area contributed by atoms with E-state index < -0.39 is 0 Å². The summed E-state index contributed by atoms with van der Waals surface area (Å²) in [4.78, 5) is 15.5. The zero-order valence-corrected chi connectivity index (χ0v) is 11.4. The summed E-state index contributed by atoms with van der Waals surface area (Å²) in [7, 11) is 0. The van der Waals surface area contributed by atoms with E-state index in [0.29, 0.717) is 26.1 Å². The van der Waals surface area contributed by atoms with Crippen LogP contribution < -0.4 is 5.32 Å². The van der Waals surface area contributed by atoms with E-state index in [1.54, 1.807) is 19.2 Å². The zero-order chi connectivity index (χ0) is 14.4. The molecule has 0 unspecified atom stereocenters. The van der Waals surface area contributed by atoms with Crippen LogP contribution in [0.15, 0.2) is 30.5 Å². The Kier molecular flexibility index (Phi) is 5.01. The van der Waals surface area contributed by atoms with Gasteiger partial charge in [-0.2, -0.15) is 0 Å². The van der Waals surface area contributed by atoms with Gasteiger partial charge in [0, 0.05) is 24.7 Å². The Morgan fingerprint density at radius 1 is 1.45 bits per heavy atom. The first-order valence-corrected chi connectivity index (χ1v) is 6.60. The molecule has 20 heavy (non-hydrogen) atoms. The molecule has 0 spiro atoms. The molecule has 106 valence electrons. The number of hydrogen-bond acceptors (Lipinski definition) is 4. The quantitative estimate of drug-likeness (QED) is 0.650. The van der Waals surface area contributed by atoms with Gasteiger partial charge in [-0.15, -0.1) is 0 Å². The lowest BCUT2D eigenvalue weighted by atomic mass is 10.1. The minimum Gasteiger partial charge on any atom is -0.466 e. The number of ether oxygens (including phenoxy) is 1. The Bertz CT molecular complexity index is 601. The fourth-order valence-electron chi connectivity index (χ4n) is 2.01. The van der Waals surface area contributed by atoms with E-state index in [-0.39, 0.29) is 11.8 Å². The molecule has 2 rings (SSSR count). The van der Waals surface area contributed by atoms with E-state index >= 15 is 0 Å². The molecule has 0 aliphatic heterocycles. The van der Waals surface area contributed by atoms with Crippen LogP contribution in [-0.4, -0.2) is 24.1 Å². The van der Waals surface area contributed by atoms with Crippen LogP contribution in [0.5, 0.6) is 0 Å². The number of carbonyl (C=O) groups is 1. The topological polar surface area (TPSA) is 51.2 Å². The van der Waals surface area contributed by atoms with Crippen molar-refractivity contribution in [2.75, 3.05) is 13.2 Å². The maximum Gasteiger partial charge on any atom is 0.307 e. The number of benzene rings is 1. The highest BCUT2D eigenvalue weighted by atomic mass is 19.1. The summed E-state index contributed by atoms with van der Waals surface area (Å²) in [6.45, 7) is 3.11. The second-order valence-electron chi connectivity index (χ2n) is 4.37. The molecule has 1 heterocycles. The van der Waals surface area contributed by atoms with Crippen LogP contribution in [0.4, 0.5) is 4.39 Å². The van der Waals surface area contributed by atoms with E-state index in [2.05, 4.69) is 10.3 Å². The number of aromatic nitrogens is 1. The Hall–Kier alpha value is -2.01. The van der Waals surface area contributed by atoms with Crippen LogP contribution in [0, 0.1) is 5.82 Å². The summed E-state index contributed by atoms with van der Waals surface area (Å²) >= 11 is 0. The zero-order valence-electron chi connectivity index (χ0n) is 11.4. The van der Waals surface area contributed by atoms with Gasteiger partial charge in [-0.25, -0.2) is 4.39 Å². The number of halogens is 1. The summed E-state index contributed by atoms with van der Waals surface area (Å²) in [5.41, 5.74) is 1.56. The molecule has 0 saturated heterocycles. The summed E-state index contributed by atoms with van der Waals surface area (Å²) < 4.78 is 18.3. The van der Waals surface area contributed by atoms with Crippen LogP contribution in [0.2, 0.25) is 0 Å². The normalized spacial score (nSPS) is 10.7. The second kappa shape index (κ2) is 6.96. The third-order valence-corrected chi connectivity index (χ3v) is 2.88. The van der Waals surface area contributed by atoms with Gasteiger partial charge in [-0.3, -0.25) is 9.78 Å². The number of esters is 1. The molecular formula is C15H17FN2O2. The fourth-order valence-corrected chi connectivity index (χ4v) is 2.01. The lowest BCUT2D eigenvalue weighted by Gasteiger charge is -2.08. The SMILES string of the molecule is CCOC(=O)CCNCc1cc(F)cc2cccnc12. The number of nitrogens with one attached hydrogen (secondary N) is 1. The smallest absolute Gasteiger partial charge is 0.307 e. The van der Waals surface area contributed by atoms with Crippen molar-refractivity contribution in [3.05, 3.63) is 41.8 Å². The second-order valence-corrected chi connectivity index (χ2v) is 4.37. The van der Waals surface area contributed by atoms with Crippen molar-refractivity contribution in [2.24, 2.45) is 0 Å². The van der Waals surface area contributed by atoms with Crippen LogP contribution in [0.3, 0.4) is 0 Å². The highest BCUT2D eigenvalue weighted by Gasteiger charge is 2.06. The molecule has 0 radical (unpaired) electrons. The summed E-state index contributed by atoms with van der Waals surface area (Å²) in [6, 6.07) is 6.53. The Morgan fingerprint density at radius 3 is 3.10 bits per heavy atom. The lowest BCUT2D eigenvalue weighted by molar-refractivity contribution is -0.142. The van der Waals surface area contributed by atoms with Crippen LogP contribution in [0.25, 0.3) is 10.9 Å². The molecule has 2 aromatic rings. The van der Waals surface area contributed by atoms with Gasteiger partial charge in [-0.1, -0.05) is 6.07 Å². The number of hydrogen-bond donors (Lipinski definition) is 1. The van der Waals surface area contributed by atoms with Gasteiger partial charge in [0.1, 0.15) is 5.82 Å². The molecule has 0 fully saturated rings. The van der Waals surface area contributed by atoms with Gasteiger partial charge in [-0.05, 0) is 30.7 Å². The van der Waals surface area contributed by atoms with Crippen molar-refractivity contribution in [3.8, 4) is 0 Å². The van der Waals surface area contributed by atoms with Crippen molar-refractivity contribution in [1.82, 2.24) is 10.3 Å². The molecule has 0 atom stereocenters. The third kappa shape index (κ3) is 3.74. The first-order valence-electron chi connectivity index (χ1n) is 6.60. The predicted octanol–water partition coefficient (Wildman–Crippen LogP) is 2.42. The molecular weight excluding hydrogens is 259 g/mol. The Morgan fingerprint density at radius 2 is 2.30 bits per heavy atom. The molecule has 4 nitrogen and oxygen atoms in total. The number of pyridine rings is 1. The monoisotopic (exact) mass is 276 g/mol. The number of rotatable bonds is 6. The summed E-state index contributed by atoms with van der Waals surface area (Å²) in [6.07, 6.45) is 1.98. The van der Waals surface area contributed by atoms with Crippen molar-refractivity contribution in [1.29, 1.82) is 0 Å². The fraction of sp³-hybridized carbons (Fsp3) is 0.333. The van der Waals surface area contributed by atoms with Gasteiger partial charge >= 0.3 is 5.97 Å². The standard InChI is InChI=1S/C15H17FN2O2/c1-2-20-14(19)5-7-17-10-12-9-13(16)8-11-4-3-6-18-15(11)12/h3-4,6,8-9,17H,2,5,7,10H2,1H3. The molecule has 1 N–H and O–H groups in total. The van der Waals surface area contributed by atoms with Crippen LogP contribution in [0.1, 0.15) is 18.9 Å². The van der Waals surface area contributed by atoms with Crippen molar-refractivity contribution < 1.29 is 13.9 Å². The summed E-state index contributed by atoms with van der Waals surface area (Å²) in [5.74, 6) is -0.519. The lowest BCUT2D eigenvalue weighted by Crippen LogP contribution is -2.19. The largest absolute Gasteiger partial charge is 0.466 e. The number of nitrogens with zero attached hydrogens (tertiary/aromatic N) is 1. The molecule has 0 saturated carbocycles.